The van der Waals surface area contributed by atoms with Crippen molar-refractivity contribution in [2.45, 2.75) is 69.9 Å². The number of hydrogen-bond acceptors (Lipinski definition) is 5. The number of hydrogen-bond donors (Lipinski definition) is 2. The van der Waals surface area contributed by atoms with E-state index in [4.69, 9.17) is 9.47 Å². The van der Waals surface area contributed by atoms with Crippen LogP contribution in [-0.2, 0) is 15.5 Å². The Labute approximate surface area is 217 Å². The molecule has 2 aliphatic carbocycles. The average molecular weight is 516 g/mol. The number of ether oxygens (including phenoxy) is 2. The molecule has 1 saturated carbocycles. The molecule has 2 atom stereocenters. The van der Waals surface area contributed by atoms with Gasteiger partial charge in [0.05, 0.1) is 36.7 Å². The molecule has 1 spiro atoms. The molecule has 0 aromatic heterocycles. The van der Waals surface area contributed by atoms with E-state index in [1.54, 1.807) is 12.1 Å². The van der Waals surface area contributed by atoms with E-state index in [9.17, 15) is 13.6 Å². The Kier molecular flexibility index (Phi) is 7.33. The number of likely N-dealkylation sites (tertiary alicyclic amines) is 1. The van der Waals surface area contributed by atoms with Gasteiger partial charge in [-0.2, -0.15) is 0 Å². The molecule has 4 aliphatic rings. The number of nitrogens with zero attached hydrogens (tertiary/aromatic N) is 1. The van der Waals surface area contributed by atoms with Crippen LogP contribution in [0.25, 0.3) is 11.8 Å². The summed E-state index contributed by atoms with van der Waals surface area (Å²) in [5.74, 6) is -3.00. The van der Waals surface area contributed by atoms with Crippen molar-refractivity contribution < 1.29 is 23.0 Å². The molecule has 8 heteroatoms. The van der Waals surface area contributed by atoms with E-state index in [0.717, 1.165) is 74.8 Å². The maximum absolute atomic E-state index is 14.6. The van der Waals surface area contributed by atoms with Crippen molar-refractivity contribution in [2.75, 3.05) is 39.9 Å². The van der Waals surface area contributed by atoms with Crippen LogP contribution in [0.4, 0.5) is 8.78 Å². The van der Waals surface area contributed by atoms with Gasteiger partial charge in [0.2, 0.25) is 0 Å². The lowest BCUT2D eigenvalue weighted by atomic mass is 9.93. The van der Waals surface area contributed by atoms with Gasteiger partial charge in [0.25, 0.3) is 11.8 Å². The van der Waals surface area contributed by atoms with Gasteiger partial charge in [-0.05, 0) is 68.3 Å². The molecule has 2 aliphatic heterocycles. The minimum atomic E-state index is -3.05. The zero-order chi connectivity index (χ0) is 26.2. The molecular weight excluding hydrogens is 476 g/mol. The van der Waals surface area contributed by atoms with Gasteiger partial charge in [-0.25, -0.2) is 8.78 Å². The van der Waals surface area contributed by atoms with E-state index < -0.39 is 5.92 Å². The van der Waals surface area contributed by atoms with E-state index in [-0.39, 0.29) is 28.7 Å². The lowest BCUT2D eigenvalue weighted by Crippen LogP contribution is -2.44. The molecule has 1 aromatic carbocycles. The maximum atomic E-state index is 14.6. The van der Waals surface area contributed by atoms with Gasteiger partial charge in [0, 0.05) is 37.3 Å². The largest absolute Gasteiger partial charge is 0.496 e. The fourth-order valence-corrected chi connectivity index (χ4v) is 5.90. The van der Waals surface area contributed by atoms with Crippen LogP contribution in [0.5, 0.6) is 5.75 Å². The van der Waals surface area contributed by atoms with E-state index in [1.165, 1.54) is 7.11 Å². The number of alkyl halides is 2. The lowest BCUT2D eigenvalue weighted by Gasteiger charge is -2.29. The zero-order valence-corrected chi connectivity index (χ0v) is 22.2. The van der Waals surface area contributed by atoms with Crippen molar-refractivity contribution in [2.24, 2.45) is 5.92 Å². The molecule has 1 amide bonds. The van der Waals surface area contributed by atoms with Gasteiger partial charge < -0.3 is 25.0 Å². The quantitative estimate of drug-likeness (QED) is 0.522. The summed E-state index contributed by atoms with van der Waals surface area (Å²) in [6.45, 7) is 6.44. The van der Waals surface area contributed by atoms with Crippen LogP contribution >= 0.6 is 0 Å². The smallest absolute Gasteiger partial charge is 0.274 e. The van der Waals surface area contributed by atoms with Gasteiger partial charge in [-0.3, -0.25) is 4.79 Å². The van der Waals surface area contributed by atoms with E-state index in [0.29, 0.717) is 31.2 Å². The van der Waals surface area contributed by atoms with Crippen molar-refractivity contribution >= 4 is 17.7 Å². The second-order valence-corrected chi connectivity index (χ2v) is 11.2. The third-order valence-electron chi connectivity index (χ3n) is 8.03. The number of halogens is 2. The van der Waals surface area contributed by atoms with E-state index >= 15 is 0 Å². The Morgan fingerprint density at radius 3 is 2.78 bits per heavy atom. The van der Waals surface area contributed by atoms with Crippen molar-refractivity contribution in [1.29, 1.82) is 0 Å². The molecule has 2 N–H and O–H groups in total. The van der Waals surface area contributed by atoms with Crippen molar-refractivity contribution in [1.82, 2.24) is 15.5 Å². The molecule has 1 aromatic rings. The van der Waals surface area contributed by atoms with Crippen molar-refractivity contribution in [3.63, 3.8) is 0 Å². The van der Waals surface area contributed by atoms with Crippen LogP contribution in [0.2, 0.25) is 0 Å². The molecule has 2 saturated heterocycles. The molecule has 3 fully saturated rings. The number of amides is 1. The monoisotopic (exact) mass is 515 g/mol. The first kappa shape index (κ1) is 26.2. The minimum Gasteiger partial charge on any atom is -0.496 e. The first-order chi connectivity index (χ1) is 17.7. The highest BCUT2D eigenvalue weighted by atomic mass is 19.3. The molecule has 1 unspecified atom stereocenters. The van der Waals surface area contributed by atoms with Crippen LogP contribution in [0.15, 0.2) is 23.8 Å². The normalized spacial score (nSPS) is 29.6. The van der Waals surface area contributed by atoms with Crippen LogP contribution in [0, 0.1) is 5.92 Å². The molecule has 5 rings (SSSR count). The average Bonchev–Trinajstić information content (AvgIpc) is 3.42. The molecule has 2 heterocycles. The summed E-state index contributed by atoms with van der Waals surface area (Å²) in [6, 6.07) is 3.25. The number of fused-ring (bicyclic) bond motifs is 1. The third kappa shape index (κ3) is 5.70. The summed E-state index contributed by atoms with van der Waals surface area (Å²) in [4.78, 5) is 16.0. The highest BCUT2D eigenvalue weighted by Crippen LogP contribution is 2.36. The molecule has 0 radical (unpaired) electrons. The summed E-state index contributed by atoms with van der Waals surface area (Å²) in [5.41, 5.74) is 1.29. The summed E-state index contributed by atoms with van der Waals surface area (Å²) in [5, 5.41) is 8.23. The second-order valence-electron chi connectivity index (χ2n) is 11.2. The number of allylic oxidation sites excluding steroid dienone is 1. The topological polar surface area (TPSA) is 62.8 Å². The molecule has 37 heavy (non-hydrogen) atoms. The molecule has 6 nitrogen and oxygen atoms in total. The van der Waals surface area contributed by atoms with Crippen LogP contribution in [0.1, 0.15) is 57.9 Å². The number of benzene rings is 1. The van der Waals surface area contributed by atoms with E-state index in [1.807, 2.05) is 12.2 Å². The summed E-state index contributed by atoms with van der Waals surface area (Å²) >= 11 is 0. The van der Waals surface area contributed by atoms with Crippen molar-refractivity contribution in [3.8, 4) is 5.75 Å². The standard InChI is InChI=1S/C29H39F2N3O3/c1-19-5-6-20-16-24(28(2,30)31)25(36-3)17-22(20)26(34-13-10-29(18-34)9-4-11-33-29)23(15-19)27(35)32-12-14-37-21-7-8-21/h6,15-17,19,21,33H,4-5,7-14,18H2,1-3H3,(H,32,35)/b20-6+,23-15+,26-22+/t19-,29?/m0/s1. The SMILES string of the molecule is COc1cc2/c(cc1C(C)(F)F)=C/C[C@H](C)/C=C(C(=O)NCCOC1CC1)\C=2N1CCC2(CCCN2)C1. The summed E-state index contributed by atoms with van der Waals surface area (Å²) < 4.78 is 40.3. The lowest BCUT2D eigenvalue weighted by molar-refractivity contribution is -0.117. The Bertz CT molecular complexity index is 1180. The second kappa shape index (κ2) is 10.4. The molecule has 202 valence electrons. The van der Waals surface area contributed by atoms with Gasteiger partial charge in [0.15, 0.2) is 0 Å². The fraction of sp³-hybridized carbons (Fsp3) is 0.621. The maximum Gasteiger partial charge on any atom is 0.274 e. The Hall–Kier alpha value is -2.45. The number of nitrogens with one attached hydrogen (secondary N) is 2. The predicted molar refractivity (Wildman–Crippen MR) is 140 cm³/mol. The summed E-state index contributed by atoms with van der Waals surface area (Å²) in [6.07, 6.45) is 10.4. The van der Waals surface area contributed by atoms with Gasteiger partial charge in [-0.15, -0.1) is 0 Å². The van der Waals surface area contributed by atoms with Crippen molar-refractivity contribution in [3.05, 3.63) is 39.8 Å². The van der Waals surface area contributed by atoms with Gasteiger partial charge >= 0.3 is 0 Å². The van der Waals surface area contributed by atoms with Crippen LogP contribution < -0.4 is 25.8 Å². The Morgan fingerprint density at radius 1 is 1.30 bits per heavy atom. The number of rotatable bonds is 8. The first-order valence-corrected chi connectivity index (χ1v) is 13.6. The zero-order valence-electron chi connectivity index (χ0n) is 22.2. The minimum absolute atomic E-state index is 0.0328. The Balaban J connectivity index is 1.62. The predicted octanol–water partition coefficient (Wildman–Crippen LogP) is 2.78. The Morgan fingerprint density at radius 2 is 2.11 bits per heavy atom. The fourth-order valence-electron chi connectivity index (χ4n) is 5.90. The van der Waals surface area contributed by atoms with Crippen LogP contribution in [-0.4, -0.2) is 62.3 Å². The summed E-state index contributed by atoms with van der Waals surface area (Å²) in [7, 11) is 1.42. The highest BCUT2D eigenvalue weighted by molar-refractivity contribution is 6.05. The van der Waals surface area contributed by atoms with Gasteiger partial charge in [-0.1, -0.05) is 19.1 Å². The number of carbonyl (C=O) groups excluding carboxylic acids is 1. The van der Waals surface area contributed by atoms with Crippen LogP contribution in [0.3, 0.4) is 0 Å². The van der Waals surface area contributed by atoms with Gasteiger partial charge in [0.1, 0.15) is 5.75 Å². The highest BCUT2D eigenvalue weighted by Gasteiger charge is 2.42. The molecular formula is C29H39F2N3O3. The third-order valence-corrected chi connectivity index (χ3v) is 8.03. The van der Waals surface area contributed by atoms with E-state index in [2.05, 4.69) is 22.5 Å². The number of methoxy groups -OCH3 is 1. The first-order valence-electron chi connectivity index (χ1n) is 13.6. The number of carbonyl (C=O) groups is 1. The molecule has 0 bridgehead atoms.